The fourth-order valence-corrected chi connectivity index (χ4v) is 5.89. The minimum absolute atomic E-state index is 0.0324. The van der Waals surface area contributed by atoms with E-state index in [0.717, 1.165) is 36.2 Å². The Morgan fingerprint density at radius 3 is 2.92 bits per heavy atom. The number of methoxy groups -OCH3 is 1. The Labute approximate surface area is 214 Å². The highest BCUT2D eigenvalue weighted by Crippen LogP contribution is 2.36. The van der Waals surface area contributed by atoms with E-state index >= 15 is 4.39 Å². The first-order valence-electron chi connectivity index (χ1n) is 12.2. The summed E-state index contributed by atoms with van der Waals surface area (Å²) in [5.41, 5.74) is 1.31. The van der Waals surface area contributed by atoms with Crippen molar-refractivity contribution in [3.05, 3.63) is 60.2 Å². The summed E-state index contributed by atoms with van der Waals surface area (Å²) in [6.07, 6.45) is 2.33. The molecule has 1 aliphatic rings. The molecule has 0 spiro atoms. The average molecular weight is 516 g/mol. The Hall–Kier alpha value is -2.78. The van der Waals surface area contributed by atoms with E-state index in [2.05, 4.69) is 14.9 Å². The Bertz CT molecular complexity index is 1180. The summed E-state index contributed by atoms with van der Waals surface area (Å²) < 4.78 is 34.0. The third-order valence-electron chi connectivity index (χ3n) is 6.87. The molecule has 1 N–H and O–H groups in total. The van der Waals surface area contributed by atoms with Gasteiger partial charge < -0.3 is 14.7 Å². The van der Waals surface area contributed by atoms with Crippen molar-refractivity contribution in [2.75, 3.05) is 32.5 Å². The van der Waals surface area contributed by atoms with Crippen LogP contribution in [-0.4, -0.2) is 58.4 Å². The van der Waals surface area contributed by atoms with Crippen LogP contribution in [0.3, 0.4) is 0 Å². The predicted molar refractivity (Wildman–Crippen MR) is 137 cm³/mol. The molecule has 1 unspecified atom stereocenters. The number of aromatic nitrogens is 2. The maximum atomic E-state index is 15.4. The summed E-state index contributed by atoms with van der Waals surface area (Å²) >= 11 is 1.49. The zero-order chi connectivity index (χ0) is 25.5. The molecule has 1 saturated heterocycles. The number of carboxylic acids is 1. The molecule has 1 fully saturated rings. The number of nitrogens with zero attached hydrogens (tertiary/aromatic N) is 3. The summed E-state index contributed by atoms with van der Waals surface area (Å²) in [5.74, 6) is 0.197. The standard InChI is InChI=1S/C27H31F2N3O3S/c1-35-20-6-8-24-22(16-20)21(9-11-30-24)23(28)7-5-18-10-12-32(17-19(18)15-27(33)34)13-14-36-26-4-2-3-25(29)31-26/h2-4,6,8-9,11,16,18-19,23H,5,7,10,12-15,17H2,1H3,(H,33,34)/t18-,19+,23?/m1/s1. The van der Waals surface area contributed by atoms with Crippen molar-refractivity contribution in [2.45, 2.75) is 36.9 Å². The van der Waals surface area contributed by atoms with Gasteiger partial charge in [-0.2, -0.15) is 4.39 Å². The van der Waals surface area contributed by atoms with E-state index in [9.17, 15) is 14.3 Å². The number of carboxylic acid groups (broad SMARTS) is 1. The van der Waals surface area contributed by atoms with E-state index in [4.69, 9.17) is 4.74 Å². The second-order valence-electron chi connectivity index (χ2n) is 9.18. The SMILES string of the molecule is COc1ccc2nccc(C(F)CC[C@@H]3CCN(CCSc4cccc(F)n4)C[C@@H]3CC(=O)O)c2c1. The number of thioether (sulfide) groups is 1. The van der Waals surface area contributed by atoms with Crippen molar-refractivity contribution >= 4 is 28.6 Å². The molecule has 0 radical (unpaired) electrons. The van der Waals surface area contributed by atoms with Crippen LogP contribution in [-0.2, 0) is 4.79 Å². The molecule has 3 atom stereocenters. The first kappa shape index (κ1) is 26.3. The molecular weight excluding hydrogens is 484 g/mol. The van der Waals surface area contributed by atoms with Gasteiger partial charge in [-0.05, 0) is 79.6 Å². The van der Waals surface area contributed by atoms with Crippen molar-refractivity contribution in [1.82, 2.24) is 14.9 Å². The van der Waals surface area contributed by atoms with Crippen molar-refractivity contribution in [1.29, 1.82) is 0 Å². The summed E-state index contributed by atoms with van der Waals surface area (Å²) in [5, 5.41) is 10.9. The first-order valence-corrected chi connectivity index (χ1v) is 13.2. The summed E-state index contributed by atoms with van der Waals surface area (Å²) in [6.45, 7) is 2.27. The smallest absolute Gasteiger partial charge is 0.303 e. The molecule has 1 aromatic carbocycles. The molecule has 0 bridgehead atoms. The van der Waals surface area contributed by atoms with Crippen molar-refractivity contribution in [3.8, 4) is 5.75 Å². The van der Waals surface area contributed by atoms with Gasteiger partial charge in [-0.15, -0.1) is 11.8 Å². The van der Waals surface area contributed by atoms with E-state index in [1.807, 2.05) is 18.2 Å². The van der Waals surface area contributed by atoms with Gasteiger partial charge >= 0.3 is 5.97 Å². The number of halogens is 2. The number of piperidine rings is 1. The Kier molecular flexibility index (Phi) is 9.09. The summed E-state index contributed by atoms with van der Waals surface area (Å²) in [6, 6.07) is 11.9. The van der Waals surface area contributed by atoms with Crippen molar-refractivity contribution in [2.24, 2.45) is 11.8 Å². The van der Waals surface area contributed by atoms with Crippen LogP contribution in [0.1, 0.15) is 37.4 Å². The van der Waals surface area contributed by atoms with Crippen LogP contribution < -0.4 is 4.74 Å². The fourth-order valence-electron chi connectivity index (χ4n) is 5.01. The van der Waals surface area contributed by atoms with Gasteiger partial charge in [0.2, 0.25) is 5.95 Å². The summed E-state index contributed by atoms with van der Waals surface area (Å²) in [4.78, 5) is 22.0. The Morgan fingerprint density at radius 1 is 1.28 bits per heavy atom. The number of benzene rings is 1. The first-order chi connectivity index (χ1) is 17.4. The lowest BCUT2D eigenvalue weighted by Gasteiger charge is -2.38. The molecule has 192 valence electrons. The second-order valence-corrected chi connectivity index (χ2v) is 10.3. The number of alkyl halides is 1. The molecule has 0 saturated carbocycles. The summed E-state index contributed by atoms with van der Waals surface area (Å²) in [7, 11) is 1.58. The predicted octanol–water partition coefficient (Wildman–Crippen LogP) is 5.77. The van der Waals surface area contributed by atoms with Gasteiger partial charge in [0.1, 0.15) is 11.9 Å². The van der Waals surface area contributed by atoms with Gasteiger partial charge in [0.25, 0.3) is 0 Å². The van der Waals surface area contributed by atoms with Crippen molar-refractivity contribution in [3.63, 3.8) is 0 Å². The molecule has 0 amide bonds. The quantitative estimate of drug-likeness (QED) is 0.257. The zero-order valence-corrected chi connectivity index (χ0v) is 21.1. The lowest BCUT2D eigenvalue weighted by atomic mass is 9.79. The number of fused-ring (bicyclic) bond motifs is 1. The third kappa shape index (κ3) is 6.91. The second kappa shape index (κ2) is 12.5. The van der Waals surface area contributed by atoms with E-state index < -0.39 is 18.1 Å². The van der Waals surface area contributed by atoms with Crippen LogP contribution in [0.4, 0.5) is 8.78 Å². The van der Waals surface area contributed by atoms with Crippen LogP contribution in [0.5, 0.6) is 5.75 Å². The Morgan fingerprint density at radius 2 is 2.14 bits per heavy atom. The van der Waals surface area contributed by atoms with Gasteiger partial charge in [0, 0.05) is 36.8 Å². The lowest BCUT2D eigenvalue weighted by molar-refractivity contribution is -0.139. The molecule has 2 aromatic heterocycles. The average Bonchev–Trinajstić information content (AvgIpc) is 2.87. The maximum Gasteiger partial charge on any atom is 0.303 e. The van der Waals surface area contributed by atoms with Gasteiger partial charge in [-0.25, -0.2) is 9.37 Å². The largest absolute Gasteiger partial charge is 0.497 e. The minimum Gasteiger partial charge on any atom is -0.497 e. The molecule has 3 aromatic rings. The Balaban J connectivity index is 1.34. The monoisotopic (exact) mass is 515 g/mol. The molecule has 6 nitrogen and oxygen atoms in total. The van der Waals surface area contributed by atoms with Crippen LogP contribution >= 0.6 is 11.8 Å². The number of hydrogen-bond acceptors (Lipinski definition) is 6. The molecule has 36 heavy (non-hydrogen) atoms. The fraction of sp³-hybridized carbons (Fsp3) is 0.444. The van der Waals surface area contributed by atoms with E-state index in [0.29, 0.717) is 35.7 Å². The molecule has 3 heterocycles. The highest BCUT2D eigenvalue weighted by molar-refractivity contribution is 7.99. The van der Waals surface area contributed by atoms with Crippen molar-refractivity contribution < 1.29 is 23.4 Å². The topological polar surface area (TPSA) is 75.5 Å². The van der Waals surface area contributed by atoms with Crippen LogP contribution in [0.2, 0.25) is 0 Å². The zero-order valence-electron chi connectivity index (χ0n) is 20.3. The molecular formula is C27H31F2N3O3S. The van der Waals surface area contributed by atoms with Crippen LogP contribution in [0.15, 0.2) is 53.7 Å². The minimum atomic E-state index is -1.17. The molecule has 1 aliphatic heterocycles. The number of carbonyl (C=O) groups is 1. The molecule has 4 rings (SSSR count). The highest BCUT2D eigenvalue weighted by atomic mass is 32.2. The van der Waals surface area contributed by atoms with Crippen LogP contribution in [0.25, 0.3) is 10.9 Å². The normalized spacial score (nSPS) is 19.3. The van der Waals surface area contributed by atoms with E-state index in [1.54, 1.807) is 31.5 Å². The highest BCUT2D eigenvalue weighted by Gasteiger charge is 2.31. The third-order valence-corrected chi connectivity index (χ3v) is 7.78. The number of pyridine rings is 2. The number of hydrogen-bond donors (Lipinski definition) is 1. The number of ether oxygens (including phenoxy) is 1. The van der Waals surface area contributed by atoms with Crippen LogP contribution in [0, 0.1) is 17.8 Å². The van der Waals surface area contributed by atoms with E-state index in [-0.39, 0.29) is 18.3 Å². The lowest BCUT2D eigenvalue weighted by Crippen LogP contribution is -2.42. The van der Waals surface area contributed by atoms with E-state index in [1.165, 1.54) is 17.8 Å². The van der Waals surface area contributed by atoms with Gasteiger partial charge in [-0.3, -0.25) is 9.78 Å². The number of aliphatic carboxylic acids is 1. The number of likely N-dealkylation sites (tertiary alicyclic amines) is 1. The van der Waals surface area contributed by atoms with Gasteiger partial charge in [0.05, 0.1) is 17.7 Å². The van der Waals surface area contributed by atoms with Gasteiger partial charge in [0.15, 0.2) is 0 Å². The maximum absolute atomic E-state index is 15.4. The molecule has 9 heteroatoms. The number of rotatable bonds is 11. The van der Waals surface area contributed by atoms with Gasteiger partial charge in [-0.1, -0.05) is 6.07 Å². The molecule has 0 aliphatic carbocycles.